The zero-order valence-electron chi connectivity index (χ0n) is 15.1. The van der Waals surface area contributed by atoms with Crippen LogP contribution in [0.4, 0.5) is 0 Å². The summed E-state index contributed by atoms with van der Waals surface area (Å²) >= 11 is 0. The van der Waals surface area contributed by atoms with Crippen molar-refractivity contribution in [3.8, 4) is 0 Å². The molecule has 3 aromatic heterocycles. The van der Waals surface area contributed by atoms with E-state index in [1.54, 1.807) is 14.0 Å². The SMILES string of the molecule is CCn1c(=O)c2c(nc3n(C[C@H]4CCCO4)c(C)c(C)n23)n(C)c1=O. The van der Waals surface area contributed by atoms with Crippen LogP contribution in [0.2, 0.25) is 0 Å². The molecule has 8 heteroatoms. The lowest BCUT2D eigenvalue weighted by Gasteiger charge is -2.12. The minimum absolute atomic E-state index is 0.172. The number of hydrogen-bond donors (Lipinski definition) is 0. The first-order valence-electron chi connectivity index (χ1n) is 8.75. The molecule has 0 saturated carbocycles. The molecule has 0 unspecified atom stereocenters. The summed E-state index contributed by atoms with van der Waals surface area (Å²) in [4.78, 5) is 29.9. The van der Waals surface area contributed by atoms with Crippen molar-refractivity contribution in [3.63, 3.8) is 0 Å². The first-order chi connectivity index (χ1) is 12.0. The molecule has 0 bridgehead atoms. The van der Waals surface area contributed by atoms with Crippen molar-refractivity contribution in [1.29, 1.82) is 0 Å². The highest BCUT2D eigenvalue weighted by molar-refractivity contribution is 5.76. The molecule has 0 aromatic carbocycles. The Kier molecular flexibility index (Phi) is 3.61. The molecule has 1 aliphatic heterocycles. The van der Waals surface area contributed by atoms with Crippen molar-refractivity contribution >= 4 is 16.9 Å². The predicted octanol–water partition coefficient (Wildman–Crippen LogP) is 0.965. The number of rotatable bonds is 3. The smallest absolute Gasteiger partial charge is 0.332 e. The molecule has 0 aliphatic carbocycles. The molecule has 0 N–H and O–H groups in total. The van der Waals surface area contributed by atoms with E-state index in [0.29, 0.717) is 30.0 Å². The van der Waals surface area contributed by atoms with Crippen molar-refractivity contribution in [2.75, 3.05) is 6.61 Å². The Balaban J connectivity index is 2.07. The first-order valence-corrected chi connectivity index (χ1v) is 8.75. The third-order valence-corrected chi connectivity index (χ3v) is 5.36. The largest absolute Gasteiger partial charge is 0.376 e. The molecular formula is C17H23N5O3. The summed E-state index contributed by atoms with van der Waals surface area (Å²) in [5.41, 5.74) is 2.31. The van der Waals surface area contributed by atoms with E-state index in [4.69, 9.17) is 4.74 Å². The zero-order chi connectivity index (χ0) is 17.9. The Bertz CT molecular complexity index is 1090. The van der Waals surface area contributed by atoms with Crippen molar-refractivity contribution in [3.05, 3.63) is 32.2 Å². The van der Waals surface area contributed by atoms with Crippen LogP contribution in [0, 0.1) is 13.8 Å². The highest BCUT2D eigenvalue weighted by Crippen LogP contribution is 2.23. The lowest BCUT2D eigenvalue weighted by Crippen LogP contribution is -2.38. The molecule has 134 valence electrons. The second kappa shape index (κ2) is 5.59. The number of imidazole rings is 2. The molecule has 0 radical (unpaired) electrons. The number of fused-ring (bicyclic) bond motifs is 3. The van der Waals surface area contributed by atoms with Crippen LogP contribution < -0.4 is 11.2 Å². The Hall–Kier alpha value is -2.35. The molecule has 4 rings (SSSR count). The third kappa shape index (κ3) is 2.13. The average molecular weight is 345 g/mol. The van der Waals surface area contributed by atoms with E-state index in [0.717, 1.165) is 30.8 Å². The lowest BCUT2D eigenvalue weighted by atomic mass is 10.2. The highest BCUT2D eigenvalue weighted by Gasteiger charge is 2.24. The van der Waals surface area contributed by atoms with Crippen LogP contribution in [0.1, 0.15) is 31.2 Å². The number of aryl methyl sites for hydroxylation is 2. The fraction of sp³-hybridized carbons (Fsp3) is 0.588. The molecule has 0 spiro atoms. The second-order valence-corrected chi connectivity index (χ2v) is 6.73. The van der Waals surface area contributed by atoms with E-state index in [1.165, 1.54) is 9.13 Å². The van der Waals surface area contributed by atoms with Crippen LogP contribution >= 0.6 is 0 Å². The van der Waals surface area contributed by atoms with Gasteiger partial charge in [0.2, 0.25) is 5.78 Å². The Morgan fingerprint density at radius 1 is 1.20 bits per heavy atom. The quantitative estimate of drug-likeness (QED) is 0.709. The zero-order valence-corrected chi connectivity index (χ0v) is 15.1. The summed E-state index contributed by atoms with van der Waals surface area (Å²) in [5, 5.41) is 0. The Morgan fingerprint density at radius 2 is 1.96 bits per heavy atom. The van der Waals surface area contributed by atoms with Gasteiger partial charge >= 0.3 is 5.69 Å². The minimum Gasteiger partial charge on any atom is -0.376 e. The minimum atomic E-state index is -0.333. The molecule has 4 heterocycles. The summed E-state index contributed by atoms with van der Waals surface area (Å²) in [5.74, 6) is 0.696. The van der Waals surface area contributed by atoms with Crippen LogP contribution in [0.25, 0.3) is 16.9 Å². The van der Waals surface area contributed by atoms with E-state index in [9.17, 15) is 9.59 Å². The topological polar surface area (TPSA) is 75.5 Å². The van der Waals surface area contributed by atoms with E-state index in [-0.39, 0.29) is 17.4 Å². The average Bonchev–Trinajstić information content (AvgIpc) is 3.28. The van der Waals surface area contributed by atoms with E-state index < -0.39 is 0 Å². The molecule has 25 heavy (non-hydrogen) atoms. The molecule has 8 nitrogen and oxygen atoms in total. The second-order valence-electron chi connectivity index (χ2n) is 6.73. The molecule has 0 amide bonds. The molecule has 3 aromatic rings. The van der Waals surface area contributed by atoms with Crippen LogP contribution in [0.5, 0.6) is 0 Å². The van der Waals surface area contributed by atoms with Crippen molar-refractivity contribution in [2.45, 2.75) is 52.8 Å². The molecule has 1 fully saturated rings. The maximum Gasteiger partial charge on any atom is 0.332 e. The Labute approximate surface area is 144 Å². The van der Waals surface area contributed by atoms with Gasteiger partial charge in [0.05, 0.1) is 12.6 Å². The lowest BCUT2D eigenvalue weighted by molar-refractivity contribution is 0.0974. The van der Waals surface area contributed by atoms with Crippen LogP contribution in [0.15, 0.2) is 9.59 Å². The maximum atomic E-state index is 12.9. The van der Waals surface area contributed by atoms with Crippen LogP contribution in [-0.4, -0.2) is 35.8 Å². The standard InChI is InChI=1S/C17H23N5O3/c1-5-20-15(23)13-14(19(4)17(20)24)18-16-21(9-12-7-6-8-25-12)10(2)11(3)22(13)16/h12H,5-9H2,1-4H3/t12-/m1/s1. The van der Waals surface area contributed by atoms with Crippen molar-refractivity contribution < 1.29 is 4.74 Å². The van der Waals surface area contributed by atoms with Gasteiger partial charge in [-0.1, -0.05) is 0 Å². The van der Waals surface area contributed by atoms with Gasteiger partial charge in [-0.15, -0.1) is 0 Å². The molecule has 1 saturated heterocycles. The molecule has 1 atom stereocenters. The highest BCUT2D eigenvalue weighted by atomic mass is 16.5. The molecular weight excluding hydrogens is 322 g/mol. The number of ether oxygens (including phenoxy) is 1. The number of aromatic nitrogens is 5. The summed E-state index contributed by atoms with van der Waals surface area (Å²) in [6.07, 6.45) is 2.28. The van der Waals surface area contributed by atoms with E-state index in [1.807, 2.05) is 18.2 Å². The van der Waals surface area contributed by atoms with E-state index in [2.05, 4.69) is 9.55 Å². The summed E-state index contributed by atoms with van der Waals surface area (Å²) in [6, 6.07) is 0. The maximum absolute atomic E-state index is 12.9. The van der Waals surface area contributed by atoms with Gasteiger partial charge < -0.3 is 9.30 Å². The normalized spacial score (nSPS) is 18.0. The molecule has 1 aliphatic rings. The number of hydrogen-bond acceptors (Lipinski definition) is 4. The van der Waals surface area contributed by atoms with Gasteiger partial charge in [-0.3, -0.25) is 18.3 Å². The van der Waals surface area contributed by atoms with Gasteiger partial charge in [-0.25, -0.2) is 4.79 Å². The van der Waals surface area contributed by atoms with Crippen LogP contribution in [-0.2, 0) is 24.9 Å². The summed E-state index contributed by atoms with van der Waals surface area (Å²) in [6.45, 7) is 7.66. The van der Waals surface area contributed by atoms with Gasteiger partial charge in [0.15, 0.2) is 11.2 Å². The van der Waals surface area contributed by atoms with Gasteiger partial charge in [0, 0.05) is 31.6 Å². The van der Waals surface area contributed by atoms with Gasteiger partial charge in [0.1, 0.15) is 0 Å². The first kappa shape index (κ1) is 16.1. The summed E-state index contributed by atoms with van der Waals surface area (Å²) in [7, 11) is 1.66. The van der Waals surface area contributed by atoms with Gasteiger partial charge in [-0.2, -0.15) is 4.98 Å². The fourth-order valence-corrected chi connectivity index (χ4v) is 3.80. The fourth-order valence-electron chi connectivity index (χ4n) is 3.80. The van der Waals surface area contributed by atoms with E-state index >= 15 is 0 Å². The number of nitrogens with zero attached hydrogens (tertiary/aromatic N) is 5. The van der Waals surface area contributed by atoms with Gasteiger partial charge in [-0.05, 0) is 33.6 Å². The van der Waals surface area contributed by atoms with Gasteiger partial charge in [0.25, 0.3) is 5.56 Å². The van der Waals surface area contributed by atoms with Crippen LogP contribution in [0.3, 0.4) is 0 Å². The summed E-state index contributed by atoms with van der Waals surface area (Å²) < 4.78 is 12.5. The Morgan fingerprint density at radius 3 is 2.60 bits per heavy atom. The van der Waals surface area contributed by atoms with Crippen molar-refractivity contribution in [1.82, 2.24) is 23.1 Å². The van der Waals surface area contributed by atoms with Crippen molar-refractivity contribution in [2.24, 2.45) is 7.05 Å². The predicted molar refractivity (Wildman–Crippen MR) is 94.3 cm³/mol. The monoisotopic (exact) mass is 345 g/mol. The third-order valence-electron chi connectivity index (χ3n) is 5.36.